The van der Waals surface area contributed by atoms with Gasteiger partial charge in [-0.25, -0.2) is 8.42 Å². The summed E-state index contributed by atoms with van der Waals surface area (Å²) < 4.78 is 67.4. The third kappa shape index (κ3) is 9.28. The number of anilines is 1. The molecule has 3 aromatic rings. The van der Waals surface area contributed by atoms with Crippen LogP contribution >= 0.6 is 34.8 Å². The molecule has 1 saturated carbocycles. The lowest BCUT2D eigenvalue weighted by Gasteiger charge is -2.34. The summed E-state index contributed by atoms with van der Waals surface area (Å²) in [6.45, 7) is -1.06. The second-order valence-corrected chi connectivity index (χ2v) is 14.0. The van der Waals surface area contributed by atoms with Crippen LogP contribution in [-0.2, 0) is 38.8 Å². The molecule has 0 aromatic heterocycles. The van der Waals surface area contributed by atoms with E-state index in [-0.39, 0.29) is 29.1 Å². The molecule has 1 N–H and O–H groups in total. The van der Waals surface area contributed by atoms with Gasteiger partial charge in [0.25, 0.3) is 0 Å². The van der Waals surface area contributed by atoms with Crippen LogP contribution in [0.1, 0.15) is 42.4 Å². The third-order valence-electron chi connectivity index (χ3n) is 7.53. The fourth-order valence-electron chi connectivity index (χ4n) is 5.26. The number of rotatable bonds is 11. The summed E-state index contributed by atoms with van der Waals surface area (Å²) >= 11 is 18.1. The first-order chi connectivity index (χ1) is 21.1. The molecule has 0 bridgehead atoms. The molecule has 1 fully saturated rings. The van der Waals surface area contributed by atoms with Crippen molar-refractivity contribution in [2.75, 3.05) is 17.1 Å². The van der Waals surface area contributed by atoms with E-state index in [1.54, 1.807) is 36.4 Å². The van der Waals surface area contributed by atoms with Crippen molar-refractivity contribution in [3.8, 4) is 0 Å². The zero-order valence-corrected chi connectivity index (χ0v) is 27.2. The number of hydrogen-bond acceptors (Lipinski definition) is 4. The minimum absolute atomic E-state index is 0.0833. The predicted octanol–water partition coefficient (Wildman–Crippen LogP) is 7.13. The smallest absolute Gasteiger partial charge is 0.352 e. The molecule has 45 heavy (non-hydrogen) atoms. The Morgan fingerprint density at radius 1 is 0.911 bits per heavy atom. The van der Waals surface area contributed by atoms with Crippen LogP contribution in [0.2, 0.25) is 15.1 Å². The van der Waals surface area contributed by atoms with Crippen molar-refractivity contribution in [1.29, 1.82) is 0 Å². The van der Waals surface area contributed by atoms with Crippen LogP contribution in [0.5, 0.6) is 0 Å². The lowest BCUT2D eigenvalue weighted by molar-refractivity contribution is -0.140. The number of hydrogen-bond donors (Lipinski definition) is 1. The van der Waals surface area contributed by atoms with Crippen molar-refractivity contribution in [1.82, 2.24) is 10.2 Å². The van der Waals surface area contributed by atoms with Gasteiger partial charge in [-0.2, -0.15) is 13.2 Å². The largest absolute Gasteiger partial charge is 0.417 e. The molecule has 4 rings (SSSR count). The maximum Gasteiger partial charge on any atom is 0.417 e. The molecule has 14 heteroatoms. The molecule has 1 atom stereocenters. The van der Waals surface area contributed by atoms with Gasteiger partial charge in [0.1, 0.15) is 12.6 Å². The van der Waals surface area contributed by atoms with Crippen molar-refractivity contribution in [3.05, 3.63) is 98.5 Å². The number of nitrogens with one attached hydrogen (secondary N) is 1. The van der Waals surface area contributed by atoms with Gasteiger partial charge in [0.15, 0.2) is 0 Å². The topological polar surface area (TPSA) is 86.8 Å². The maximum absolute atomic E-state index is 14.2. The van der Waals surface area contributed by atoms with E-state index < -0.39 is 56.9 Å². The molecule has 0 saturated heterocycles. The Bertz CT molecular complexity index is 1640. The lowest BCUT2D eigenvalue weighted by atomic mass is 10.0. The maximum atomic E-state index is 14.2. The van der Waals surface area contributed by atoms with Crippen molar-refractivity contribution in [2.45, 2.75) is 56.9 Å². The monoisotopic (exact) mass is 703 g/mol. The van der Waals surface area contributed by atoms with Crippen LogP contribution in [0.25, 0.3) is 0 Å². The summed E-state index contributed by atoms with van der Waals surface area (Å²) in [5.74, 6) is -1.26. The SMILES string of the molecule is CS(=O)(=O)N(CC(=O)N(Cc1ccc(Cl)c(Cl)c1)C(Cc1ccccc1)C(=O)NC1CCCC1)c1ccc(Cl)c(C(F)(F)F)c1. The standard InChI is InChI=1S/C31H31Cl3F3N3O4S/c1-45(43,44)40(23-12-14-25(32)24(17-23)31(35,36)37)19-29(41)39(18-21-11-13-26(33)27(34)15-21)28(16-20-7-3-2-4-8-20)30(42)38-22-9-5-6-10-22/h2-4,7-8,11-15,17,22,28H,5-6,9-10,16,18-19H2,1H3,(H,38,42). The number of halogens is 6. The van der Waals surface area contributed by atoms with Crippen LogP contribution < -0.4 is 9.62 Å². The van der Waals surface area contributed by atoms with E-state index in [1.165, 1.54) is 17.0 Å². The Morgan fingerprint density at radius 2 is 1.56 bits per heavy atom. The molecular formula is C31H31Cl3F3N3O4S. The fraction of sp³-hybridized carbons (Fsp3) is 0.355. The highest BCUT2D eigenvalue weighted by molar-refractivity contribution is 7.92. The van der Waals surface area contributed by atoms with Crippen LogP contribution in [0.4, 0.5) is 18.9 Å². The molecule has 3 aromatic carbocycles. The van der Waals surface area contributed by atoms with E-state index >= 15 is 0 Å². The predicted molar refractivity (Wildman–Crippen MR) is 170 cm³/mol. The zero-order valence-electron chi connectivity index (χ0n) is 24.2. The summed E-state index contributed by atoms with van der Waals surface area (Å²) in [6, 6.07) is 15.1. The first-order valence-corrected chi connectivity index (χ1v) is 17.0. The van der Waals surface area contributed by atoms with E-state index in [9.17, 15) is 31.2 Å². The van der Waals surface area contributed by atoms with E-state index in [2.05, 4.69) is 5.32 Å². The molecule has 0 heterocycles. The highest BCUT2D eigenvalue weighted by Crippen LogP contribution is 2.37. The Kier molecular flexibility index (Phi) is 11.3. The number of nitrogens with zero attached hydrogens (tertiary/aromatic N) is 2. The minimum atomic E-state index is -4.88. The number of carbonyl (C=O) groups excluding carboxylic acids is 2. The Balaban J connectivity index is 1.77. The molecular weight excluding hydrogens is 674 g/mol. The van der Waals surface area contributed by atoms with Crippen LogP contribution in [0.3, 0.4) is 0 Å². The van der Waals surface area contributed by atoms with Crippen molar-refractivity contribution in [2.24, 2.45) is 0 Å². The van der Waals surface area contributed by atoms with Gasteiger partial charge >= 0.3 is 6.18 Å². The molecule has 242 valence electrons. The van der Waals surface area contributed by atoms with Crippen molar-refractivity contribution in [3.63, 3.8) is 0 Å². The van der Waals surface area contributed by atoms with Crippen molar-refractivity contribution < 1.29 is 31.2 Å². The quantitative estimate of drug-likeness (QED) is 0.230. The normalized spacial score (nSPS) is 14.6. The van der Waals surface area contributed by atoms with Crippen LogP contribution in [0.15, 0.2) is 66.7 Å². The molecule has 7 nitrogen and oxygen atoms in total. The van der Waals surface area contributed by atoms with E-state index in [0.717, 1.165) is 49.6 Å². The number of alkyl halides is 3. The number of sulfonamides is 1. The van der Waals surface area contributed by atoms with E-state index in [4.69, 9.17) is 34.8 Å². The van der Waals surface area contributed by atoms with Gasteiger partial charge in [0.2, 0.25) is 21.8 Å². The third-order valence-corrected chi connectivity index (χ3v) is 9.74. The highest BCUT2D eigenvalue weighted by atomic mass is 35.5. The summed E-state index contributed by atoms with van der Waals surface area (Å²) in [4.78, 5) is 29.3. The molecule has 2 amide bonds. The number of carbonyl (C=O) groups is 2. The average Bonchev–Trinajstić information content (AvgIpc) is 3.48. The van der Waals surface area contributed by atoms with Gasteiger partial charge in [-0.3, -0.25) is 13.9 Å². The summed E-state index contributed by atoms with van der Waals surface area (Å²) in [5, 5.41) is 2.88. The summed E-state index contributed by atoms with van der Waals surface area (Å²) in [6.07, 6.45) is -0.548. The number of amides is 2. The average molecular weight is 705 g/mol. The van der Waals surface area contributed by atoms with Crippen molar-refractivity contribution >= 4 is 62.3 Å². The zero-order chi connectivity index (χ0) is 32.9. The van der Waals surface area contributed by atoms with Gasteiger partial charge in [-0.15, -0.1) is 0 Å². The first kappa shape index (κ1) is 34.9. The van der Waals surface area contributed by atoms with E-state index in [0.29, 0.717) is 15.9 Å². The Morgan fingerprint density at radius 3 is 2.16 bits per heavy atom. The van der Waals surface area contributed by atoms with Gasteiger partial charge in [0.05, 0.1) is 32.6 Å². The second-order valence-electron chi connectivity index (χ2n) is 10.9. The Hall–Kier alpha value is -2.99. The van der Waals surface area contributed by atoms with Gasteiger partial charge in [0, 0.05) is 19.0 Å². The molecule has 0 spiro atoms. The van der Waals surface area contributed by atoms with Gasteiger partial charge in [-0.1, -0.05) is 84.0 Å². The molecule has 1 unspecified atom stereocenters. The van der Waals surface area contributed by atoms with Gasteiger partial charge in [-0.05, 0) is 54.3 Å². The van der Waals surface area contributed by atoms with Crippen LogP contribution in [0, 0.1) is 0 Å². The molecule has 1 aliphatic rings. The Labute approximate surface area is 275 Å². The van der Waals surface area contributed by atoms with Crippen LogP contribution in [-0.4, -0.2) is 50.0 Å². The molecule has 0 aliphatic heterocycles. The first-order valence-electron chi connectivity index (χ1n) is 14.1. The number of benzene rings is 3. The summed E-state index contributed by atoms with van der Waals surface area (Å²) in [5.41, 5.74) is -0.426. The second kappa shape index (κ2) is 14.6. The molecule has 0 radical (unpaired) electrons. The fourth-order valence-corrected chi connectivity index (χ4v) is 6.64. The highest BCUT2D eigenvalue weighted by Gasteiger charge is 2.37. The summed E-state index contributed by atoms with van der Waals surface area (Å²) in [7, 11) is -4.29. The van der Waals surface area contributed by atoms with Gasteiger partial charge < -0.3 is 10.2 Å². The molecule has 1 aliphatic carbocycles. The lowest BCUT2D eigenvalue weighted by Crippen LogP contribution is -2.54. The minimum Gasteiger partial charge on any atom is -0.352 e. The van der Waals surface area contributed by atoms with E-state index in [1.807, 2.05) is 0 Å².